The monoisotopic (exact) mass is 124 g/mol. The van der Waals surface area contributed by atoms with Crippen molar-refractivity contribution in [3.8, 4) is 0 Å². The molecule has 0 bridgehead atoms. The first-order chi connectivity index (χ1) is 3.85. The van der Waals surface area contributed by atoms with Gasteiger partial charge in [0.25, 0.3) is 0 Å². The minimum atomic E-state index is 0.480. The van der Waals surface area contributed by atoms with Crippen molar-refractivity contribution < 1.29 is 0 Å². The molecule has 0 rings (SSSR count). The van der Waals surface area contributed by atoms with Crippen molar-refractivity contribution in [2.75, 3.05) is 0 Å². The highest BCUT2D eigenvalue weighted by molar-refractivity contribution is 6.35. The fourth-order valence-electron chi connectivity index (χ4n) is 1.00. The Labute approximate surface area is 61.2 Å². The third-order valence-corrected chi connectivity index (χ3v) is 2.37. The van der Waals surface area contributed by atoms with Crippen LogP contribution in [0, 0.1) is 11.3 Å². The van der Waals surface area contributed by atoms with Gasteiger partial charge < -0.3 is 0 Å². The Morgan fingerprint density at radius 1 is 1.11 bits per heavy atom. The Hall–Kier alpha value is 0.130. The van der Waals surface area contributed by atoms with Crippen LogP contribution in [0.15, 0.2) is 0 Å². The lowest BCUT2D eigenvalue weighted by Gasteiger charge is -2.30. The van der Waals surface area contributed by atoms with Crippen molar-refractivity contribution in [2.24, 2.45) is 11.3 Å². The molecule has 0 aliphatic rings. The molecular weight excluding hydrogens is 106 g/mol. The molecule has 52 valence electrons. The van der Waals surface area contributed by atoms with Gasteiger partial charge >= 0.3 is 0 Å². The second kappa shape index (κ2) is 2.81. The van der Waals surface area contributed by atoms with E-state index in [2.05, 4.69) is 43.4 Å². The van der Waals surface area contributed by atoms with Gasteiger partial charge in [0.1, 0.15) is 0 Å². The summed E-state index contributed by atoms with van der Waals surface area (Å²) in [5.74, 6) is 0.817. The van der Waals surface area contributed by atoms with Crippen molar-refractivity contribution in [2.45, 2.75) is 33.4 Å². The van der Waals surface area contributed by atoms with E-state index in [0.717, 1.165) is 11.6 Å². The van der Waals surface area contributed by atoms with Crippen LogP contribution in [-0.4, -0.2) is 15.7 Å². The molecule has 2 heteroatoms. The highest BCUT2D eigenvalue weighted by Crippen LogP contribution is 2.31. The minimum absolute atomic E-state index is 0.480. The van der Waals surface area contributed by atoms with Gasteiger partial charge in [-0.05, 0) is 5.41 Å². The summed E-state index contributed by atoms with van der Waals surface area (Å²) in [5, 5.41) is 0. The standard InChI is InChI=1S/C7H18B2/c1-5(6(8)9)7(2,3)4/h5-6H,8-9H2,1-4H3. The van der Waals surface area contributed by atoms with E-state index in [1.54, 1.807) is 0 Å². The van der Waals surface area contributed by atoms with Gasteiger partial charge in [-0.15, -0.1) is 0 Å². The first kappa shape index (κ1) is 9.13. The second-order valence-corrected chi connectivity index (χ2v) is 4.40. The van der Waals surface area contributed by atoms with E-state index in [9.17, 15) is 0 Å². The molecule has 0 saturated carbocycles. The molecule has 1 unspecified atom stereocenters. The number of rotatable bonds is 1. The van der Waals surface area contributed by atoms with E-state index in [0.29, 0.717) is 5.41 Å². The fraction of sp³-hybridized carbons (Fsp3) is 1.00. The zero-order valence-electron chi connectivity index (χ0n) is 7.65. The number of hydrogen-bond acceptors (Lipinski definition) is 0. The van der Waals surface area contributed by atoms with Crippen molar-refractivity contribution in [1.82, 2.24) is 0 Å². The quantitative estimate of drug-likeness (QED) is 0.450. The second-order valence-electron chi connectivity index (χ2n) is 4.40. The Morgan fingerprint density at radius 3 is 1.44 bits per heavy atom. The molecule has 0 heterocycles. The molecule has 1 atom stereocenters. The van der Waals surface area contributed by atoms with Gasteiger partial charge in [0.05, 0.1) is 15.7 Å². The van der Waals surface area contributed by atoms with Crippen LogP contribution in [0.5, 0.6) is 0 Å². The third kappa shape index (κ3) is 2.98. The molecule has 0 aromatic carbocycles. The Kier molecular flexibility index (Phi) is 2.85. The lowest BCUT2D eigenvalue weighted by atomic mass is 9.57. The molecule has 0 N–H and O–H groups in total. The Balaban J connectivity index is 3.88. The van der Waals surface area contributed by atoms with Gasteiger partial charge in [0.15, 0.2) is 0 Å². The summed E-state index contributed by atoms with van der Waals surface area (Å²) in [6, 6.07) is 0. The maximum atomic E-state index is 2.32. The molecular formula is C7H18B2. The van der Waals surface area contributed by atoms with Gasteiger partial charge in [-0.2, -0.15) is 0 Å². The summed E-state index contributed by atoms with van der Waals surface area (Å²) in [7, 11) is 4.58. The van der Waals surface area contributed by atoms with E-state index in [4.69, 9.17) is 0 Å². The van der Waals surface area contributed by atoms with E-state index in [1.165, 1.54) is 0 Å². The lowest BCUT2D eigenvalue weighted by molar-refractivity contribution is 0.274. The molecule has 0 radical (unpaired) electrons. The molecule has 0 aromatic rings. The summed E-state index contributed by atoms with van der Waals surface area (Å²) in [6.07, 6.45) is 0. The van der Waals surface area contributed by atoms with Gasteiger partial charge in [-0.25, -0.2) is 0 Å². The molecule has 0 spiro atoms. The van der Waals surface area contributed by atoms with E-state index < -0.39 is 0 Å². The van der Waals surface area contributed by atoms with E-state index >= 15 is 0 Å². The van der Waals surface area contributed by atoms with Gasteiger partial charge in [-0.3, -0.25) is 0 Å². The zero-order valence-corrected chi connectivity index (χ0v) is 7.65. The lowest BCUT2D eigenvalue weighted by Crippen LogP contribution is -2.22. The van der Waals surface area contributed by atoms with Crippen LogP contribution in [0.25, 0.3) is 0 Å². The molecule has 0 aromatic heterocycles. The normalized spacial score (nSPS) is 16.1. The van der Waals surface area contributed by atoms with E-state index in [1.807, 2.05) is 0 Å². The van der Waals surface area contributed by atoms with Crippen LogP contribution >= 0.6 is 0 Å². The third-order valence-electron chi connectivity index (χ3n) is 2.37. The SMILES string of the molecule is BC(B)C(C)C(C)(C)C. The molecule has 0 nitrogen and oxygen atoms in total. The van der Waals surface area contributed by atoms with Crippen LogP contribution in [0.1, 0.15) is 27.7 Å². The average Bonchev–Trinajstić information content (AvgIpc) is 1.62. The first-order valence-corrected chi connectivity index (χ1v) is 3.85. The first-order valence-electron chi connectivity index (χ1n) is 3.85. The summed E-state index contributed by atoms with van der Waals surface area (Å²) in [5.41, 5.74) is 1.29. The van der Waals surface area contributed by atoms with Crippen molar-refractivity contribution >= 4 is 15.7 Å². The smallest absolute Gasteiger partial charge is 0.0929 e. The van der Waals surface area contributed by atoms with Crippen LogP contribution in [0.2, 0.25) is 5.72 Å². The fourth-order valence-corrected chi connectivity index (χ4v) is 1.00. The predicted molar refractivity (Wildman–Crippen MR) is 49.5 cm³/mol. The van der Waals surface area contributed by atoms with Crippen molar-refractivity contribution in [3.63, 3.8) is 0 Å². The topological polar surface area (TPSA) is 0 Å². The van der Waals surface area contributed by atoms with Crippen LogP contribution in [0.3, 0.4) is 0 Å². The van der Waals surface area contributed by atoms with Gasteiger partial charge in [0, 0.05) is 0 Å². The molecule has 0 saturated heterocycles. The predicted octanol–water partition coefficient (Wildman–Crippen LogP) is 0.681. The largest absolute Gasteiger partial charge is 0.0960 e. The van der Waals surface area contributed by atoms with Crippen molar-refractivity contribution in [3.05, 3.63) is 0 Å². The summed E-state index contributed by atoms with van der Waals surface area (Å²) >= 11 is 0. The van der Waals surface area contributed by atoms with Crippen LogP contribution in [0.4, 0.5) is 0 Å². The Morgan fingerprint density at radius 2 is 1.44 bits per heavy atom. The molecule has 0 aliphatic carbocycles. The zero-order chi connectivity index (χ0) is 7.65. The highest BCUT2D eigenvalue weighted by Gasteiger charge is 2.21. The summed E-state index contributed by atoms with van der Waals surface area (Å²) in [6.45, 7) is 9.23. The number of hydrogen-bond donors (Lipinski definition) is 0. The maximum Gasteiger partial charge on any atom is 0.0960 e. The van der Waals surface area contributed by atoms with Gasteiger partial charge in [-0.1, -0.05) is 39.3 Å². The molecule has 9 heavy (non-hydrogen) atoms. The van der Waals surface area contributed by atoms with Crippen LogP contribution < -0.4 is 0 Å². The van der Waals surface area contributed by atoms with Gasteiger partial charge in [0.2, 0.25) is 0 Å². The minimum Gasteiger partial charge on any atom is -0.0929 e. The molecule has 0 aliphatic heterocycles. The summed E-state index contributed by atoms with van der Waals surface area (Å²) < 4.78 is 0. The maximum absolute atomic E-state index is 2.32. The molecule has 0 amide bonds. The average molecular weight is 124 g/mol. The molecule has 0 fully saturated rings. The Bertz CT molecular complexity index is 81.4. The van der Waals surface area contributed by atoms with E-state index in [-0.39, 0.29) is 0 Å². The van der Waals surface area contributed by atoms with Crippen LogP contribution in [-0.2, 0) is 0 Å². The summed E-state index contributed by atoms with van der Waals surface area (Å²) in [4.78, 5) is 0. The van der Waals surface area contributed by atoms with Crippen molar-refractivity contribution in [1.29, 1.82) is 0 Å². The highest BCUT2D eigenvalue weighted by atomic mass is 14.2.